The lowest BCUT2D eigenvalue weighted by atomic mass is 9.98. The third kappa shape index (κ3) is 5.34. The zero-order valence-corrected chi connectivity index (χ0v) is 29.6. The van der Waals surface area contributed by atoms with Gasteiger partial charge in [-0.3, -0.25) is 0 Å². The molecule has 0 radical (unpaired) electrons. The number of hydrogen-bond donors (Lipinski definition) is 0. The van der Waals surface area contributed by atoms with Crippen molar-refractivity contribution in [3.05, 3.63) is 188 Å². The normalized spacial score (nSPS) is 11.6. The Morgan fingerprint density at radius 1 is 0.273 bits per heavy atom. The second-order valence-electron chi connectivity index (χ2n) is 14.0. The van der Waals surface area contributed by atoms with E-state index in [-0.39, 0.29) is 0 Å². The van der Waals surface area contributed by atoms with E-state index in [0.717, 1.165) is 76.7 Å². The maximum atomic E-state index is 6.79. The molecule has 0 aliphatic heterocycles. The molecule has 4 nitrogen and oxygen atoms in total. The summed E-state index contributed by atoms with van der Waals surface area (Å²) in [7, 11) is 0. The number of fused-ring (bicyclic) bond motifs is 7. The summed E-state index contributed by atoms with van der Waals surface area (Å²) in [6.45, 7) is 0. The summed E-state index contributed by atoms with van der Waals surface area (Å²) in [5.74, 6) is 1.85. The second kappa shape index (κ2) is 12.6. The van der Waals surface area contributed by atoms with Crippen molar-refractivity contribution in [3.8, 4) is 56.4 Å². The summed E-state index contributed by atoms with van der Waals surface area (Å²) in [4.78, 5) is 15.7. The van der Waals surface area contributed by atoms with Crippen LogP contribution < -0.4 is 0 Å². The SMILES string of the molecule is c1ccc(-c2ccc3cc(-c4nc(-c5ccc6ccccc6c5)nc(-c5cc6c7cccc(-c8ccccc8)c7oc6c6ccccc56)n4)ccc3c2)cc1. The van der Waals surface area contributed by atoms with Gasteiger partial charge < -0.3 is 4.42 Å². The molecule has 0 bridgehead atoms. The molecule has 11 aromatic rings. The molecule has 4 heteroatoms. The van der Waals surface area contributed by atoms with E-state index in [1.54, 1.807) is 0 Å². The van der Waals surface area contributed by atoms with Gasteiger partial charge in [-0.15, -0.1) is 0 Å². The minimum atomic E-state index is 0.611. The van der Waals surface area contributed by atoms with Crippen LogP contribution in [0.4, 0.5) is 0 Å². The van der Waals surface area contributed by atoms with E-state index in [4.69, 9.17) is 19.4 Å². The first-order valence-electron chi connectivity index (χ1n) is 18.5. The smallest absolute Gasteiger partial charge is 0.164 e. The molecule has 55 heavy (non-hydrogen) atoms. The average molecular weight is 702 g/mol. The Morgan fingerprint density at radius 3 is 1.51 bits per heavy atom. The Balaban J connectivity index is 1.14. The maximum Gasteiger partial charge on any atom is 0.164 e. The topological polar surface area (TPSA) is 51.8 Å². The average Bonchev–Trinajstić information content (AvgIpc) is 3.65. The molecule has 0 fully saturated rings. The van der Waals surface area contributed by atoms with Crippen LogP contribution in [0.5, 0.6) is 0 Å². The molecule has 0 spiro atoms. The van der Waals surface area contributed by atoms with Crippen molar-refractivity contribution in [2.45, 2.75) is 0 Å². The largest absolute Gasteiger partial charge is 0.455 e. The van der Waals surface area contributed by atoms with Crippen LogP contribution in [0.25, 0.3) is 111 Å². The monoisotopic (exact) mass is 701 g/mol. The molecule has 256 valence electrons. The van der Waals surface area contributed by atoms with Crippen molar-refractivity contribution < 1.29 is 4.42 Å². The van der Waals surface area contributed by atoms with Crippen molar-refractivity contribution >= 4 is 54.3 Å². The maximum absolute atomic E-state index is 6.79. The van der Waals surface area contributed by atoms with E-state index >= 15 is 0 Å². The summed E-state index contributed by atoms with van der Waals surface area (Å²) in [6, 6.07) is 65.7. The molecule has 11 rings (SSSR count). The highest BCUT2D eigenvalue weighted by molar-refractivity contribution is 6.20. The van der Waals surface area contributed by atoms with E-state index in [1.165, 1.54) is 16.5 Å². The number of furan rings is 1. The molecule has 2 aromatic heterocycles. The third-order valence-corrected chi connectivity index (χ3v) is 10.7. The van der Waals surface area contributed by atoms with Gasteiger partial charge in [0.15, 0.2) is 17.5 Å². The molecular weight excluding hydrogens is 671 g/mol. The number of rotatable bonds is 5. The van der Waals surface area contributed by atoms with E-state index in [2.05, 4.69) is 176 Å². The minimum Gasteiger partial charge on any atom is -0.455 e. The van der Waals surface area contributed by atoms with Gasteiger partial charge in [-0.25, -0.2) is 15.0 Å². The number of para-hydroxylation sites is 1. The van der Waals surface area contributed by atoms with Gasteiger partial charge in [0.05, 0.1) is 0 Å². The summed E-state index contributed by atoms with van der Waals surface area (Å²) in [5, 5.41) is 8.69. The quantitative estimate of drug-likeness (QED) is 0.179. The minimum absolute atomic E-state index is 0.611. The lowest BCUT2D eigenvalue weighted by molar-refractivity contribution is 0.674. The van der Waals surface area contributed by atoms with E-state index < -0.39 is 0 Å². The van der Waals surface area contributed by atoms with Crippen LogP contribution >= 0.6 is 0 Å². The fourth-order valence-corrected chi connectivity index (χ4v) is 7.93. The van der Waals surface area contributed by atoms with E-state index in [9.17, 15) is 0 Å². The Labute approximate surface area is 317 Å². The van der Waals surface area contributed by atoms with Gasteiger partial charge in [0.25, 0.3) is 0 Å². The van der Waals surface area contributed by atoms with E-state index in [0.29, 0.717) is 17.5 Å². The van der Waals surface area contributed by atoms with Gasteiger partial charge in [-0.1, -0.05) is 164 Å². The summed E-state index contributed by atoms with van der Waals surface area (Å²) < 4.78 is 6.79. The van der Waals surface area contributed by atoms with Crippen LogP contribution in [-0.4, -0.2) is 15.0 Å². The molecule has 9 aromatic carbocycles. The van der Waals surface area contributed by atoms with Crippen molar-refractivity contribution in [2.24, 2.45) is 0 Å². The van der Waals surface area contributed by atoms with Crippen LogP contribution in [0.15, 0.2) is 192 Å². The number of aromatic nitrogens is 3. The van der Waals surface area contributed by atoms with Gasteiger partial charge in [0.1, 0.15) is 11.2 Å². The number of hydrogen-bond acceptors (Lipinski definition) is 4. The molecular formula is C51H31N3O. The molecule has 2 heterocycles. The zero-order chi connectivity index (χ0) is 36.3. The van der Waals surface area contributed by atoms with Crippen LogP contribution in [0, 0.1) is 0 Å². The predicted molar refractivity (Wildman–Crippen MR) is 227 cm³/mol. The third-order valence-electron chi connectivity index (χ3n) is 10.7. The molecule has 0 N–H and O–H groups in total. The van der Waals surface area contributed by atoms with Crippen LogP contribution in [0.1, 0.15) is 0 Å². The first-order chi connectivity index (χ1) is 27.2. The molecule has 0 saturated heterocycles. The fraction of sp³-hybridized carbons (Fsp3) is 0. The molecule has 0 aliphatic rings. The molecule has 0 unspecified atom stereocenters. The summed E-state index contributed by atoms with van der Waals surface area (Å²) in [5.41, 5.74) is 9.07. The van der Waals surface area contributed by atoms with Crippen molar-refractivity contribution in [3.63, 3.8) is 0 Å². The van der Waals surface area contributed by atoms with Gasteiger partial charge >= 0.3 is 0 Å². The highest BCUT2D eigenvalue weighted by atomic mass is 16.3. The number of benzene rings is 9. The highest BCUT2D eigenvalue weighted by Gasteiger charge is 2.20. The predicted octanol–water partition coefficient (Wildman–Crippen LogP) is 13.6. The summed E-state index contributed by atoms with van der Waals surface area (Å²) in [6.07, 6.45) is 0. The molecule has 0 saturated carbocycles. The Kier molecular flexibility index (Phi) is 7.14. The molecule has 0 aliphatic carbocycles. The Hall–Kier alpha value is -7.43. The van der Waals surface area contributed by atoms with Gasteiger partial charge in [-0.05, 0) is 67.9 Å². The van der Waals surface area contributed by atoms with Crippen LogP contribution in [0.3, 0.4) is 0 Å². The molecule has 0 amide bonds. The first-order valence-corrected chi connectivity index (χ1v) is 18.5. The van der Waals surface area contributed by atoms with Crippen molar-refractivity contribution in [2.75, 3.05) is 0 Å². The Bertz CT molecular complexity index is 3260. The van der Waals surface area contributed by atoms with Crippen LogP contribution in [-0.2, 0) is 0 Å². The van der Waals surface area contributed by atoms with Gasteiger partial charge in [0, 0.05) is 38.4 Å². The number of nitrogens with zero attached hydrogens (tertiary/aromatic N) is 3. The lowest BCUT2D eigenvalue weighted by Gasteiger charge is -2.12. The highest BCUT2D eigenvalue weighted by Crippen LogP contribution is 2.42. The van der Waals surface area contributed by atoms with E-state index in [1.807, 2.05) is 12.1 Å². The second-order valence-corrected chi connectivity index (χ2v) is 14.0. The Morgan fingerprint density at radius 2 is 0.782 bits per heavy atom. The standard InChI is InChI=1S/C51H31N3O/c1-3-12-32(13-4-1)36-23-24-38-30-40(27-25-37(38)28-36)50-52-49(39-26-22-33-14-7-8-17-35(33)29-39)53-51(54-50)46-31-45-44-21-11-20-41(34-15-5-2-6-16-34)47(44)55-48(45)43-19-10-9-18-42(43)46/h1-31H. The zero-order valence-electron chi connectivity index (χ0n) is 29.6. The van der Waals surface area contributed by atoms with Gasteiger partial charge in [0.2, 0.25) is 0 Å². The van der Waals surface area contributed by atoms with Crippen LogP contribution in [0.2, 0.25) is 0 Å². The van der Waals surface area contributed by atoms with Crippen molar-refractivity contribution in [1.82, 2.24) is 15.0 Å². The summed E-state index contributed by atoms with van der Waals surface area (Å²) >= 11 is 0. The first kappa shape index (κ1) is 31.1. The molecule has 0 atom stereocenters. The lowest BCUT2D eigenvalue weighted by Crippen LogP contribution is -2.01. The fourth-order valence-electron chi connectivity index (χ4n) is 7.93. The van der Waals surface area contributed by atoms with Gasteiger partial charge in [-0.2, -0.15) is 0 Å². The van der Waals surface area contributed by atoms with Crippen molar-refractivity contribution in [1.29, 1.82) is 0 Å².